The van der Waals surface area contributed by atoms with Crippen molar-refractivity contribution < 1.29 is 14.0 Å². The van der Waals surface area contributed by atoms with Gasteiger partial charge in [0.2, 0.25) is 11.8 Å². The van der Waals surface area contributed by atoms with Crippen LogP contribution in [0.15, 0.2) is 22.8 Å². The number of piperidine rings is 1. The van der Waals surface area contributed by atoms with E-state index in [0.29, 0.717) is 26.1 Å². The minimum atomic E-state index is 0.0344. The molecule has 1 fully saturated rings. The van der Waals surface area contributed by atoms with Crippen LogP contribution >= 0.6 is 0 Å². The number of carbonyl (C=O) groups excluding carboxylic acids is 2. The van der Waals surface area contributed by atoms with Gasteiger partial charge in [0.15, 0.2) is 0 Å². The van der Waals surface area contributed by atoms with Crippen LogP contribution in [0.5, 0.6) is 0 Å². The van der Waals surface area contributed by atoms with Crippen molar-refractivity contribution in [2.75, 3.05) is 19.6 Å². The van der Waals surface area contributed by atoms with E-state index in [9.17, 15) is 9.59 Å². The highest BCUT2D eigenvalue weighted by molar-refractivity contribution is 5.79. The zero-order valence-corrected chi connectivity index (χ0v) is 11.2. The number of nitrogens with zero attached hydrogens (tertiary/aromatic N) is 1. The Balaban J connectivity index is 1.68. The van der Waals surface area contributed by atoms with Gasteiger partial charge in [-0.3, -0.25) is 9.59 Å². The predicted molar refractivity (Wildman–Crippen MR) is 70.4 cm³/mol. The SMILES string of the molecule is CC(=O)N1CCC(C(=O)NCCc2ccco2)CC1. The van der Waals surface area contributed by atoms with E-state index in [2.05, 4.69) is 5.32 Å². The molecule has 0 aromatic carbocycles. The Labute approximate surface area is 113 Å². The van der Waals surface area contributed by atoms with Crippen LogP contribution in [0.2, 0.25) is 0 Å². The average molecular weight is 264 g/mol. The van der Waals surface area contributed by atoms with Crippen molar-refractivity contribution in [2.45, 2.75) is 26.2 Å². The normalized spacial score (nSPS) is 16.4. The summed E-state index contributed by atoms with van der Waals surface area (Å²) in [4.78, 5) is 24.9. The van der Waals surface area contributed by atoms with Crippen molar-refractivity contribution in [1.29, 1.82) is 0 Å². The molecule has 2 amide bonds. The van der Waals surface area contributed by atoms with E-state index >= 15 is 0 Å². The second-order valence-electron chi connectivity index (χ2n) is 4.90. The summed E-state index contributed by atoms with van der Waals surface area (Å²) in [6.07, 6.45) is 3.86. The van der Waals surface area contributed by atoms with Gasteiger partial charge in [0.1, 0.15) is 5.76 Å². The minimum absolute atomic E-state index is 0.0344. The molecule has 0 bridgehead atoms. The molecule has 1 aliphatic rings. The molecular formula is C14H20N2O3. The monoisotopic (exact) mass is 264 g/mol. The topological polar surface area (TPSA) is 62.6 Å². The molecule has 0 aliphatic carbocycles. The number of carbonyl (C=O) groups is 2. The minimum Gasteiger partial charge on any atom is -0.469 e. The fourth-order valence-corrected chi connectivity index (χ4v) is 2.36. The average Bonchev–Trinajstić information content (AvgIpc) is 2.92. The maximum Gasteiger partial charge on any atom is 0.223 e. The van der Waals surface area contributed by atoms with Crippen molar-refractivity contribution in [3.63, 3.8) is 0 Å². The van der Waals surface area contributed by atoms with Gasteiger partial charge in [0, 0.05) is 38.9 Å². The van der Waals surface area contributed by atoms with E-state index in [1.165, 1.54) is 0 Å². The zero-order chi connectivity index (χ0) is 13.7. The van der Waals surface area contributed by atoms with Crippen LogP contribution in [-0.2, 0) is 16.0 Å². The number of likely N-dealkylation sites (tertiary alicyclic amines) is 1. The lowest BCUT2D eigenvalue weighted by Crippen LogP contribution is -2.42. The van der Waals surface area contributed by atoms with Crippen LogP contribution in [0.1, 0.15) is 25.5 Å². The lowest BCUT2D eigenvalue weighted by atomic mass is 9.96. The molecule has 5 nitrogen and oxygen atoms in total. The van der Waals surface area contributed by atoms with Gasteiger partial charge in [-0.05, 0) is 25.0 Å². The molecule has 1 N–H and O–H groups in total. The largest absolute Gasteiger partial charge is 0.469 e. The number of furan rings is 1. The van der Waals surface area contributed by atoms with Crippen molar-refractivity contribution in [1.82, 2.24) is 10.2 Å². The first-order chi connectivity index (χ1) is 9.16. The Bertz CT molecular complexity index is 420. The fraction of sp³-hybridized carbons (Fsp3) is 0.571. The van der Waals surface area contributed by atoms with E-state index in [1.54, 1.807) is 18.1 Å². The Morgan fingerprint density at radius 1 is 1.42 bits per heavy atom. The van der Waals surface area contributed by atoms with Crippen LogP contribution in [0.4, 0.5) is 0 Å². The molecule has 104 valence electrons. The highest BCUT2D eigenvalue weighted by Gasteiger charge is 2.25. The molecule has 19 heavy (non-hydrogen) atoms. The van der Waals surface area contributed by atoms with Gasteiger partial charge in [-0.2, -0.15) is 0 Å². The van der Waals surface area contributed by atoms with E-state index < -0.39 is 0 Å². The standard InChI is InChI=1S/C14H20N2O3/c1-11(17)16-8-5-12(6-9-16)14(18)15-7-4-13-3-2-10-19-13/h2-3,10,12H,4-9H2,1H3,(H,15,18). The Kier molecular flexibility index (Phi) is 4.60. The number of amides is 2. The fourth-order valence-electron chi connectivity index (χ4n) is 2.36. The van der Waals surface area contributed by atoms with Gasteiger partial charge >= 0.3 is 0 Å². The van der Waals surface area contributed by atoms with E-state index in [1.807, 2.05) is 12.1 Å². The molecule has 1 aliphatic heterocycles. The second kappa shape index (κ2) is 6.41. The smallest absolute Gasteiger partial charge is 0.223 e. The van der Waals surface area contributed by atoms with Crippen molar-refractivity contribution in [3.8, 4) is 0 Å². The third kappa shape index (κ3) is 3.84. The predicted octanol–water partition coefficient (Wildman–Crippen LogP) is 1.20. The van der Waals surface area contributed by atoms with Crippen molar-refractivity contribution >= 4 is 11.8 Å². The summed E-state index contributed by atoms with van der Waals surface area (Å²) in [6, 6.07) is 3.74. The summed E-state index contributed by atoms with van der Waals surface area (Å²) in [5, 5.41) is 2.93. The number of rotatable bonds is 4. The number of hydrogen-bond acceptors (Lipinski definition) is 3. The lowest BCUT2D eigenvalue weighted by Gasteiger charge is -2.30. The molecule has 1 aromatic rings. The van der Waals surface area contributed by atoms with Crippen molar-refractivity contribution in [3.05, 3.63) is 24.2 Å². The van der Waals surface area contributed by atoms with Gasteiger partial charge in [-0.15, -0.1) is 0 Å². The number of nitrogens with one attached hydrogen (secondary N) is 1. The van der Waals surface area contributed by atoms with Gasteiger partial charge < -0.3 is 14.6 Å². The Hall–Kier alpha value is -1.78. The molecule has 2 rings (SSSR count). The van der Waals surface area contributed by atoms with Gasteiger partial charge in [-0.25, -0.2) is 0 Å². The van der Waals surface area contributed by atoms with Gasteiger partial charge in [0.25, 0.3) is 0 Å². The van der Waals surface area contributed by atoms with Crippen LogP contribution in [0.25, 0.3) is 0 Å². The molecule has 0 unspecified atom stereocenters. The Morgan fingerprint density at radius 3 is 2.74 bits per heavy atom. The van der Waals surface area contributed by atoms with Gasteiger partial charge in [-0.1, -0.05) is 0 Å². The van der Waals surface area contributed by atoms with Gasteiger partial charge in [0.05, 0.1) is 6.26 Å². The molecule has 0 atom stereocenters. The zero-order valence-electron chi connectivity index (χ0n) is 11.2. The summed E-state index contributed by atoms with van der Waals surface area (Å²) in [5.41, 5.74) is 0. The molecule has 0 radical (unpaired) electrons. The summed E-state index contributed by atoms with van der Waals surface area (Å²) < 4.78 is 5.21. The van der Waals surface area contributed by atoms with E-state index in [-0.39, 0.29) is 17.7 Å². The quantitative estimate of drug-likeness (QED) is 0.888. The second-order valence-corrected chi connectivity index (χ2v) is 4.90. The number of hydrogen-bond donors (Lipinski definition) is 1. The van der Waals surface area contributed by atoms with Crippen molar-refractivity contribution in [2.24, 2.45) is 5.92 Å². The molecular weight excluding hydrogens is 244 g/mol. The molecule has 0 spiro atoms. The molecule has 2 heterocycles. The van der Waals surface area contributed by atoms with E-state index in [4.69, 9.17) is 4.42 Å². The summed E-state index contributed by atoms with van der Waals surface area (Å²) in [6.45, 7) is 3.54. The molecule has 1 aromatic heterocycles. The Morgan fingerprint density at radius 2 is 2.16 bits per heavy atom. The van der Waals surface area contributed by atoms with Crippen LogP contribution in [-0.4, -0.2) is 36.3 Å². The third-order valence-electron chi connectivity index (χ3n) is 3.56. The maximum absolute atomic E-state index is 12.0. The summed E-state index contributed by atoms with van der Waals surface area (Å²) in [5.74, 6) is 1.10. The van der Waals surface area contributed by atoms with Crippen LogP contribution in [0, 0.1) is 5.92 Å². The first kappa shape index (κ1) is 13.6. The summed E-state index contributed by atoms with van der Waals surface area (Å²) >= 11 is 0. The first-order valence-electron chi connectivity index (χ1n) is 6.72. The van der Waals surface area contributed by atoms with E-state index in [0.717, 1.165) is 18.6 Å². The molecule has 0 saturated carbocycles. The highest BCUT2D eigenvalue weighted by atomic mass is 16.3. The maximum atomic E-state index is 12.0. The third-order valence-corrected chi connectivity index (χ3v) is 3.56. The first-order valence-corrected chi connectivity index (χ1v) is 6.72. The lowest BCUT2D eigenvalue weighted by molar-refractivity contribution is -0.133. The van der Waals surface area contributed by atoms with Crippen LogP contribution < -0.4 is 5.32 Å². The molecule has 5 heteroatoms. The summed E-state index contributed by atoms with van der Waals surface area (Å²) in [7, 11) is 0. The highest BCUT2D eigenvalue weighted by Crippen LogP contribution is 2.17. The molecule has 1 saturated heterocycles. The van der Waals surface area contributed by atoms with Crippen LogP contribution in [0.3, 0.4) is 0 Å².